The Bertz CT molecular complexity index is 2320. The quantitative estimate of drug-likeness (QED) is 0.0169. The van der Waals surface area contributed by atoms with Gasteiger partial charge in [0.25, 0.3) is 0 Å². The van der Waals surface area contributed by atoms with Gasteiger partial charge in [0.2, 0.25) is 0 Å². The average Bonchev–Trinajstić information content (AvgIpc) is 1.01. The number of phosphoric acid groups is 2. The van der Waals surface area contributed by atoms with Crippen molar-refractivity contribution in [2.24, 2.45) is 0 Å². The van der Waals surface area contributed by atoms with Gasteiger partial charge in [0.15, 0.2) is 12.2 Å². The molecule has 17 nitrogen and oxygen atoms in total. The van der Waals surface area contributed by atoms with Crippen molar-refractivity contribution in [3.05, 3.63) is 109 Å². The maximum absolute atomic E-state index is 13.1. The van der Waals surface area contributed by atoms with Gasteiger partial charge in [0, 0.05) is 25.7 Å². The van der Waals surface area contributed by atoms with Crippen LogP contribution in [0.4, 0.5) is 0 Å². The van der Waals surface area contributed by atoms with Crippen molar-refractivity contribution < 1.29 is 80.2 Å². The highest BCUT2D eigenvalue weighted by Crippen LogP contribution is 2.45. The molecule has 0 aliphatic heterocycles. The largest absolute Gasteiger partial charge is 0.472 e. The zero-order chi connectivity index (χ0) is 73.2. The number of rotatable bonds is 73. The minimum Gasteiger partial charge on any atom is -0.462 e. The Morgan fingerprint density at radius 2 is 0.520 bits per heavy atom. The number of esters is 4. The molecule has 0 rings (SSSR count). The van der Waals surface area contributed by atoms with Crippen molar-refractivity contribution in [3.8, 4) is 0 Å². The first-order valence-electron chi connectivity index (χ1n) is 39.1. The van der Waals surface area contributed by atoms with E-state index in [9.17, 15) is 43.2 Å². The number of ether oxygens (including phenoxy) is 4. The maximum atomic E-state index is 13.1. The summed E-state index contributed by atoms with van der Waals surface area (Å²) in [5.41, 5.74) is 0. The summed E-state index contributed by atoms with van der Waals surface area (Å²) in [4.78, 5) is 72.9. The third-order valence-corrected chi connectivity index (χ3v) is 18.1. The van der Waals surface area contributed by atoms with Gasteiger partial charge in [-0.3, -0.25) is 37.3 Å². The van der Waals surface area contributed by atoms with Crippen LogP contribution in [0.2, 0.25) is 0 Å². The van der Waals surface area contributed by atoms with Crippen LogP contribution >= 0.6 is 15.6 Å². The average molecular weight is 1450 g/mol. The molecule has 0 heterocycles. The van der Waals surface area contributed by atoms with Gasteiger partial charge in [-0.05, 0) is 148 Å². The van der Waals surface area contributed by atoms with E-state index in [2.05, 4.69) is 137 Å². The molecule has 5 unspecified atom stereocenters. The SMILES string of the molecule is CC/C=C\C/C=C\C/C=C\C/C=C\CCCCC(=O)OCC(COP(=O)(O)OCC(O)COP(=O)(O)OCC(COC(=O)CCCCCCC/C=C\CCCCCCCC)OC(=O)CCCCCCC/C=C\CCCCCCCC)OC(=O)CCCCCCC/C=C\C/C=C\C/C=C\CC. The number of aliphatic hydroxyl groups is 1. The lowest BCUT2D eigenvalue weighted by Crippen LogP contribution is -2.30. The Morgan fingerprint density at radius 1 is 0.290 bits per heavy atom. The van der Waals surface area contributed by atoms with Crippen LogP contribution in [-0.2, 0) is 65.4 Å². The Labute approximate surface area is 607 Å². The van der Waals surface area contributed by atoms with Crippen LogP contribution in [0.3, 0.4) is 0 Å². The number of aliphatic hydroxyl groups excluding tert-OH is 1. The van der Waals surface area contributed by atoms with E-state index in [4.69, 9.17) is 37.0 Å². The van der Waals surface area contributed by atoms with Crippen molar-refractivity contribution in [1.82, 2.24) is 0 Å². The van der Waals surface area contributed by atoms with Gasteiger partial charge in [-0.15, -0.1) is 0 Å². The molecule has 0 aliphatic rings. The second kappa shape index (κ2) is 73.0. The minimum absolute atomic E-state index is 0.0645. The highest BCUT2D eigenvalue weighted by molar-refractivity contribution is 7.47. The first-order chi connectivity index (χ1) is 48.7. The summed E-state index contributed by atoms with van der Waals surface area (Å²) < 4.78 is 68.5. The van der Waals surface area contributed by atoms with E-state index in [1.54, 1.807) is 0 Å². The number of carbonyl (C=O) groups is 4. The summed E-state index contributed by atoms with van der Waals surface area (Å²) in [5.74, 6) is -2.25. The maximum Gasteiger partial charge on any atom is 0.472 e. The molecule has 0 spiro atoms. The van der Waals surface area contributed by atoms with Gasteiger partial charge in [0.1, 0.15) is 19.3 Å². The van der Waals surface area contributed by atoms with Crippen LogP contribution in [-0.4, -0.2) is 96.7 Å². The van der Waals surface area contributed by atoms with Crippen LogP contribution in [0.25, 0.3) is 0 Å². The molecule has 0 saturated carbocycles. The van der Waals surface area contributed by atoms with Gasteiger partial charge < -0.3 is 33.8 Å². The van der Waals surface area contributed by atoms with E-state index in [0.717, 1.165) is 167 Å². The first-order valence-corrected chi connectivity index (χ1v) is 42.1. The van der Waals surface area contributed by atoms with Gasteiger partial charge in [-0.25, -0.2) is 9.13 Å². The molecule has 0 aliphatic carbocycles. The van der Waals surface area contributed by atoms with E-state index in [0.29, 0.717) is 25.7 Å². The fraction of sp³-hybridized carbons (Fsp3) is 0.728. The van der Waals surface area contributed by atoms with Crippen molar-refractivity contribution >= 4 is 39.5 Å². The van der Waals surface area contributed by atoms with Crippen molar-refractivity contribution in [1.29, 1.82) is 0 Å². The molecule has 0 aromatic heterocycles. The van der Waals surface area contributed by atoms with E-state index >= 15 is 0 Å². The zero-order valence-electron chi connectivity index (χ0n) is 62.8. The van der Waals surface area contributed by atoms with E-state index in [-0.39, 0.29) is 25.7 Å². The normalized spacial score (nSPS) is 14.5. The minimum atomic E-state index is -4.99. The lowest BCUT2D eigenvalue weighted by molar-refractivity contribution is -0.161. The summed E-state index contributed by atoms with van der Waals surface area (Å²) in [6.07, 6.45) is 77.9. The lowest BCUT2D eigenvalue weighted by atomic mass is 10.1. The molecule has 0 amide bonds. The number of allylic oxidation sites excluding steroid dienone is 18. The standard InChI is InChI=1S/C81H140O17P2/c1-5-9-13-17-21-25-29-33-37-41-45-49-53-57-61-65-78(83)91-71-76(97-80(85)67-63-59-55-51-47-43-39-35-31-27-23-19-15-11-7-3)73-95-99(87,88)93-69-75(82)70-94-100(89,90)96-74-77(98-81(86)68-64-60-56-52-48-44-40-36-32-28-24-20-16-12-8-4)72-92-79(84)66-62-58-54-50-46-42-38-34-30-26-22-18-14-10-6-2/h9,11,13,15,21,23,25,27,33-40,45,49,75-77,82H,5-8,10,12,14,16-20,22,24,26,28-32,41-44,46-48,50-74H2,1-4H3,(H,87,88)(H,89,90)/b13-9-,15-11-,25-21-,27-23-,37-33-,38-34-,39-35-,40-36-,49-45-. The summed E-state index contributed by atoms with van der Waals surface area (Å²) in [6, 6.07) is 0. The van der Waals surface area contributed by atoms with Gasteiger partial charge in [-0.1, -0.05) is 259 Å². The molecule has 0 bridgehead atoms. The third-order valence-electron chi connectivity index (χ3n) is 16.2. The first kappa shape index (κ1) is 95.7. The highest BCUT2D eigenvalue weighted by Gasteiger charge is 2.30. The second-order valence-corrected chi connectivity index (χ2v) is 28.8. The molecule has 0 radical (unpaired) electrons. The van der Waals surface area contributed by atoms with E-state index in [1.165, 1.54) is 77.0 Å². The summed E-state index contributed by atoms with van der Waals surface area (Å²) >= 11 is 0. The second-order valence-electron chi connectivity index (χ2n) is 25.9. The molecule has 0 fully saturated rings. The molecule has 0 saturated heterocycles. The lowest BCUT2D eigenvalue weighted by Gasteiger charge is -2.21. The molecule has 19 heteroatoms. The Balaban J connectivity index is 5.41. The summed E-state index contributed by atoms with van der Waals surface area (Å²) in [7, 11) is -9.97. The van der Waals surface area contributed by atoms with E-state index in [1.807, 2.05) is 0 Å². The number of hydrogen-bond acceptors (Lipinski definition) is 15. The van der Waals surface area contributed by atoms with Gasteiger partial charge in [-0.2, -0.15) is 0 Å². The monoisotopic (exact) mass is 1450 g/mol. The smallest absolute Gasteiger partial charge is 0.462 e. The molecular formula is C81H140O17P2. The number of unbranched alkanes of at least 4 members (excludes halogenated alkanes) is 29. The fourth-order valence-corrected chi connectivity index (χ4v) is 11.9. The predicted molar refractivity (Wildman–Crippen MR) is 408 cm³/mol. The van der Waals surface area contributed by atoms with Crippen molar-refractivity contribution in [2.45, 2.75) is 341 Å². The highest BCUT2D eigenvalue weighted by atomic mass is 31.2. The number of carbonyl (C=O) groups excluding carboxylic acids is 4. The molecule has 3 N–H and O–H groups in total. The number of hydrogen-bond donors (Lipinski definition) is 3. The zero-order valence-corrected chi connectivity index (χ0v) is 64.6. The van der Waals surface area contributed by atoms with E-state index < -0.39 is 97.5 Å². The van der Waals surface area contributed by atoms with Crippen LogP contribution in [0.5, 0.6) is 0 Å². The van der Waals surface area contributed by atoms with Crippen LogP contribution < -0.4 is 0 Å². The molecule has 0 aromatic rings. The van der Waals surface area contributed by atoms with Crippen LogP contribution in [0.15, 0.2) is 109 Å². The van der Waals surface area contributed by atoms with Crippen molar-refractivity contribution in [3.63, 3.8) is 0 Å². The molecular weight excluding hydrogens is 1310 g/mol. The van der Waals surface area contributed by atoms with Crippen LogP contribution in [0.1, 0.15) is 323 Å². The van der Waals surface area contributed by atoms with Crippen LogP contribution in [0, 0.1) is 0 Å². The molecule has 5 atom stereocenters. The fourth-order valence-electron chi connectivity index (χ4n) is 10.3. The molecule has 0 aromatic carbocycles. The third kappa shape index (κ3) is 72.1. The Hall–Kier alpha value is -4.28. The Kier molecular flexibility index (Phi) is 69.9. The summed E-state index contributed by atoms with van der Waals surface area (Å²) in [6.45, 7) is 4.57. The topological polar surface area (TPSA) is 237 Å². The molecule has 576 valence electrons. The van der Waals surface area contributed by atoms with Crippen molar-refractivity contribution in [2.75, 3.05) is 39.6 Å². The predicted octanol–water partition coefficient (Wildman–Crippen LogP) is 22.6. The van der Waals surface area contributed by atoms with Gasteiger partial charge >= 0.3 is 39.5 Å². The molecule has 100 heavy (non-hydrogen) atoms. The summed E-state index contributed by atoms with van der Waals surface area (Å²) in [5, 5.41) is 10.6. The number of phosphoric ester groups is 2. The Morgan fingerprint density at radius 3 is 0.830 bits per heavy atom. The van der Waals surface area contributed by atoms with Gasteiger partial charge in [0.05, 0.1) is 26.4 Å².